The number of carboxylic acids is 1. The highest BCUT2D eigenvalue weighted by Crippen LogP contribution is 2.58. The number of carbonyl (C=O) groups is 2. The Morgan fingerprint density at radius 2 is 1.95 bits per heavy atom. The molecular weight excluding hydrogens is 250 g/mol. The summed E-state index contributed by atoms with van der Waals surface area (Å²) in [6, 6.07) is 0. The second-order valence-electron chi connectivity index (χ2n) is 6.79. The molecule has 2 bridgehead atoms. The van der Waals surface area contributed by atoms with Gasteiger partial charge in [-0.2, -0.15) is 0 Å². The lowest BCUT2D eigenvalue weighted by atomic mass is 9.51. The average molecular weight is 271 g/mol. The molecular formula is C13H21NO5. The summed E-state index contributed by atoms with van der Waals surface area (Å²) in [4.78, 5) is 22.8. The van der Waals surface area contributed by atoms with Gasteiger partial charge in [0.2, 0.25) is 0 Å². The number of aliphatic carboxylic acids is 1. The molecule has 3 fully saturated rings. The molecule has 0 atom stereocenters. The van der Waals surface area contributed by atoms with Crippen LogP contribution in [-0.4, -0.2) is 42.5 Å². The van der Waals surface area contributed by atoms with Crippen LogP contribution in [0.15, 0.2) is 0 Å². The van der Waals surface area contributed by atoms with Gasteiger partial charge in [-0.15, -0.1) is 0 Å². The first-order valence-corrected chi connectivity index (χ1v) is 6.45. The minimum absolute atomic E-state index is 0.243. The van der Waals surface area contributed by atoms with Crippen molar-refractivity contribution in [1.82, 2.24) is 5.32 Å². The van der Waals surface area contributed by atoms with Crippen LogP contribution in [0, 0.1) is 10.8 Å². The van der Waals surface area contributed by atoms with Crippen molar-refractivity contribution in [3.63, 3.8) is 0 Å². The third-order valence-corrected chi connectivity index (χ3v) is 3.67. The Balaban J connectivity index is 1.85. The number of carboxylic acid groups (broad SMARTS) is 1. The number of ether oxygens (including phenoxy) is 2. The first kappa shape index (κ1) is 14.1. The van der Waals surface area contributed by atoms with Gasteiger partial charge >= 0.3 is 12.1 Å². The van der Waals surface area contributed by atoms with Crippen LogP contribution in [0.4, 0.5) is 4.79 Å². The van der Waals surface area contributed by atoms with Crippen LogP contribution in [0.1, 0.15) is 33.6 Å². The topological polar surface area (TPSA) is 84.9 Å². The lowest BCUT2D eigenvalue weighted by Crippen LogP contribution is -2.63. The third kappa shape index (κ3) is 2.83. The molecule has 2 N–H and O–H groups in total. The number of amides is 1. The smallest absolute Gasteiger partial charge is 0.407 e. The van der Waals surface area contributed by atoms with E-state index in [-0.39, 0.29) is 12.0 Å². The maximum atomic E-state index is 11.6. The molecule has 0 aromatic heterocycles. The Hall–Kier alpha value is -1.30. The van der Waals surface area contributed by atoms with Gasteiger partial charge in [0, 0.05) is 12.0 Å². The van der Waals surface area contributed by atoms with Crippen LogP contribution in [0.3, 0.4) is 0 Å². The molecule has 2 aliphatic heterocycles. The molecule has 0 radical (unpaired) electrons. The van der Waals surface area contributed by atoms with E-state index >= 15 is 0 Å². The molecule has 0 spiro atoms. The lowest BCUT2D eigenvalue weighted by molar-refractivity contribution is -0.211. The average Bonchev–Trinajstić information content (AvgIpc) is 2.23. The van der Waals surface area contributed by atoms with Gasteiger partial charge in [-0.3, -0.25) is 4.79 Å². The van der Waals surface area contributed by atoms with E-state index in [9.17, 15) is 14.7 Å². The molecule has 6 nitrogen and oxygen atoms in total. The number of alkyl carbamates (subject to hydrolysis) is 1. The lowest BCUT2D eigenvalue weighted by Gasteiger charge is -2.57. The van der Waals surface area contributed by atoms with Gasteiger partial charge in [-0.25, -0.2) is 4.79 Å². The van der Waals surface area contributed by atoms with Crippen LogP contribution in [0.2, 0.25) is 0 Å². The molecule has 108 valence electrons. The van der Waals surface area contributed by atoms with E-state index in [1.54, 1.807) is 20.8 Å². The third-order valence-electron chi connectivity index (χ3n) is 3.67. The van der Waals surface area contributed by atoms with E-state index in [0.29, 0.717) is 26.0 Å². The highest BCUT2D eigenvalue weighted by Gasteiger charge is 2.62. The van der Waals surface area contributed by atoms with Crippen LogP contribution < -0.4 is 5.32 Å². The van der Waals surface area contributed by atoms with Crippen LogP contribution in [0.5, 0.6) is 0 Å². The number of hydrogen-bond acceptors (Lipinski definition) is 4. The van der Waals surface area contributed by atoms with Crippen molar-refractivity contribution in [2.45, 2.75) is 39.2 Å². The van der Waals surface area contributed by atoms with E-state index in [1.807, 2.05) is 0 Å². The second kappa shape index (κ2) is 4.37. The van der Waals surface area contributed by atoms with Crippen molar-refractivity contribution in [3.05, 3.63) is 0 Å². The summed E-state index contributed by atoms with van der Waals surface area (Å²) in [6.45, 7) is 6.57. The van der Waals surface area contributed by atoms with Crippen molar-refractivity contribution in [2.24, 2.45) is 10.8 Å². The Bertz CT molecular complexity index is 392. The van der Waals surface area contributed by atoms with Crippen LogP contribution in [0.25, 0.3) is 0 Å². The fraction of sp³-hybridized carbons (Fsp3) is 0.846. The van der Waals surface area contributed by atoms with Crippen molar-refractivity contribution >= 4 is 12.1 Å². The predicted molar refractivity (Wildman–Crippen MR) is 66.8 cm³/mol. The maximum Gasteiger partial charge on any atom is 0.407 e. The molecule has 3 rings (SSSR count). The number of carbonyl (C=O) groups excluding carboxylic acids is 1. The van der Waals surface area contributed by atoms with Gasteiger partial charge in [0.25, 0.3) is 0 Å². The van der Waals surface area contributed by atoms with Gasteiger partial charge in [0.15, 0.2) is 0 Å². The molecule has 6 heteroatoms. The second-order valence-corrected chi connectivity index (χ2v) is 6.79. The molecule has 19 heavy (non-hydrogen) atoms. The zero-order valence-corrected chi connectivity index (χ0v) is 11.6. The van der Waals surface area contributed by atoms with Crippen LogP contribution in [-0.2, 0) is 14.3 Å². The zero-order chi connectivity index (χ0) is 14.3. The van der Waals surface area contributed by atoms with E-state index in [2.05, 4.69) is 5.32 Å². The summed E-state index contributed by atoms with van der Waals surface area (Å²) < 4.78 is 10.5. The van der Waals surface area contributed by atoms with E-state index in [0.717, 1.165) is 0 Å². The van der Waals surface area contributed by atoms with Crippen molar-refractivity contribution in [2.75, 3.05) is 19.8 Å². The van der Waals surface area contributed by atoms with Gasteiger partial charge in [0.1, 0.15) is 5.60 Å². The fourth-order valence-electron chi connectivity index (χ4n) is 3.01. The summed E-state index contributed by atoms with van der Waals surface area (Å²) in [7, 11) is 0. The van der Waals surface area contributed by atoms with Gasteiger partial charge in [-0.1, -0.05) is 0 Å². The molecule has 2 saturated heterocycles. The summed E-state index contributed by atoms with van der Waals surface area (Å²) in [5.74, 6) is -0.805. The van der Waals surface area contributed by atoms with Crippen molar-refractivity contribution < 1.29 is 24.2 Å². The molecule has 1 amide bonds. The number of fused-ring (bicyclic) bond motifs is 2. The molecule has 0 unspecified atom stereocenters. The quantitative estimate of drug-likeness (QED) is 0.810. The SMILES string of the molecule is CC(C)(C)OC(=O)NCC12COCC(C(=O)O)(C1)C2. The highest BCUT2D eigenvalue weighted by atomic mass is 16.6. The Morgan fingerprint density at radius 3 is 2.47 bits per heavy atom. The Labute approximate surface area is 112 Å². The monoisotopic (exact) mass is 271 g/mol. The molecule has 1 saturated carbocycles. The summed E-state index contributed by atoms with van der Waals surface area (Å²) in [5.41, 5.74) is -1.52. The summed E-state index contributed by atoms with van der Waals surface area (Å²) in [5, 5.41) is 11.9. The minimum atomic E-state index is -0.805. The largest absolute Gasteiger partial charge is 0.481 e. The normalized spacial score (nSPS) is 33.2. The standard InChI is InChI=1S/C13H21NO5/c1-11(2,3)19-10(17)14-6-12-4-13(5-12,9(15)16)8-18-7-12/h4-8H2,1-3H3,(H,14,17)(H,15,16). The first-order chi connectivity index (χ1) is 8.67. The van der Waals surface area contributed by atoms with Crippen LogP contribution >= 0.6 is 0 Å². The number of nitrogens with one attached hydrogen (secondary N) is 1. The molecule has 3 aliphatic rings. The first-order valence-electron chi connectivity index (χ1n) is 6.45. The Morgan fingerprint density at radius 1 is 1.32 bits per heavy atom. The minimum Gasteiger partial charge on any atom is -0.481 e. The van der Waals surface area contributed by atoms with E-state index in [4.69, 9.17) is 9.47 Å². The van der Waals surface area contributed by atoms with E-state index in [1.165, 1.54) is 0 Å². The molecule has 0 aromatic carbocycles. The molecule has 1 aliphatic carbocycles. The number of rotatable bonds is 3. The summed E-state index contributed by atoms with van der Waals surface area (Å²) in [6.07, 6.45) is 0.649. The van der Waals surface area contributed by atoms with Crippen molar-refractivity contribution in [3.8, 4) is 0 Å². The van der Waals surface area contributed by atoms with E-state index < -0.39 is 23.1 Å². The fourth-order valence-corrected chi connectivity index (χ4v) is 3.01. The summed E-state index contributed by atoms with van der Waals surface area (Å²) >= 11 is 0. The zero-order valence-electron chi connectivity index (χ0n) is 11.6. The van der Waals surface area contributed by atoms with Gasteiger partial charge in [0.05, 0.1) is 18.6 Å². The number of hydrogen-bond donors (Lipinski definition) is 2. The maximum absolute atomic E-state index is 11.6. The highest BCUT2D eigenvalue weighted by molar-refractivity contribution is 5.77. The van der Waals surface area contributed by atoms with Gasteiger partial charge < -0.3 is 19.9 Å². The molecule has 0 aromatic rings. The van der Waals surface area contributed by atoms with Crippen molar-refractivity contribution in [1.29, 1.82) is 0 Å². The Kier molecular flexibility index (Phi) is 3.24. The van der Waals surface area contributed by atoms with Gasteiger partial charge in [-0.05, 0) is 33.6 Å². The molecule has 2 heterocycles. The predicted octanol–water partition coefficient (Wildman–Crippen LogP) is 1.39.